The van der Waals surface area contributed by atoms with Crippen LogP contribution in [0.3, 0.4) is 0 Å². The zero-order valence-corrected chi connectivity index (χ0v) is 12.0. The first-order valence-electron chi connectivity index (χ1n) is 6.84. The van der Waals surface area contributed by atoms with Gasteiger partial charge in [0.25, 0.3) is 0 Å². The second kappa shape index (κ2) is 5.09. The van der Waals surface area contributed by atoms with Gasteiger partial charge in [0.05, 0.1) is 5.56 Å². The molecule has 0 aromatic heterocycles. The van der Waals surface area contributed by atoms with Gasteiger partial charge in [-0.3, -0.25) is 0 Å². The molecular weight excluding hydrogens is 264 g/mol. The lowest BCUT2D eigenvalue weighted by Gasteiger charge is -2.21. The van der Waals surface area contributed by atoms with E-state index in [2.05, 4.69) is 32.0 Å². The molecule has 3 nitrogen and oxygen atoms in total. The van der Waals surface area contributed by atoms with Crippen molar-refractivity contribution in [2.45, 2.75) is 13.8 Å². The van der Waals surface area contributed by atoms with Crippen LogP contribution in [-0.2, 0) is 0 Å². The topological polar surface area (TPSA) is 46.5 Å². The van der Waals surface area contributed by atoms with Gasteiger partial charge in [-0.25, -0.2) is 4.79 Å². The minimum atomic E-state index is -0.927. The molecule has 2 aromatic carbocycles. The number of aryl methyl sites for hydroxylation is 2. The van der Waals surface area contributed by atoms with Crippen LogP contribution in [0.25, 0.3) is 5.57 Å². The normalized spacial score (nSPS) is 13.1. The van der Waals surface area contributed by atoms with Crippen molar-refractivity contribution >= 4 is 11.5 Å². The van der Waals surface area contributed by atoms with E-state index in [-0.39, 0.29) is 5.56 Å². The van der Waals surface area contributed by atoms with Crippen LogP contribution in [0.4, 0.5) is 0 Å². The summed E-state index contributed by atoms with van der Waals surface area (Å²) in [6.07, 6.45) is 2.01. The van der Waals surface area contributed by atoms with Gasteiger partial charge in [-0.2, -0.15) is 0 Å². The van der Waals surface area contributed by atoms with Crippen molar-refractivity contribution in [3.05, 3.63) is 70.3 Å². The van der Waals surface area contributed by atoms with Gasteiger partial charge in [0, 0.05) is 5.56 Å². The summed E-state index contributed by atoms with van der Waals surface area (Å²) >= 11 is 0. The Hall–Kier alpha value is -2.55. The van der Waals surface area contributed by atoms with E-state index in [1.807, 2.05) is 6.08 Å². The number of rotatable bonds is 2. The van der Waals surface area contributed by atoms with Gasteiger partial charge in [0.15, 0.2) is 0 Å². The molecule has 0 spiro atoms. The molecule has 1 aliphatic heterocycles. The van der Waals surface area contributed by atoms with Crippen LogP contribution in [-0.4, -0.2) is 17.7 Å². The van der Waals surface area contributed by atoms with E-state index in [1.54, 1.807) is 18.2 Å². The first-order valence-corrected chi connectivity index (χ1v) is 6.84. The van der Waals surface area contributed by atoms with Crippen molar-refractivity contribution < 1.29 is 14.6 Å². The molecule has 3 heteroatoms. The molecule has 1 aliphatic rings. The van der Waals surface area contributed by atoms with E-state index in [1.165, 1.54) is 11.1 Å². The van der Waals surface area contributed by atoms with Gasteiger partial charge in [0.1, 0.15) is 12.4 Å². The highest BCUT2D eigenvalue weighted by molar-refractivity contribution is 5.92. The van der Waals surface area contributed by atoms with Crippen molar-refractivity contribution in [3.63, 3.8) is 0 Å². The first-order chi connectivity index (χ1) is 10.1. The second-order valence-corrected chi connectivity index (χ2v) is 5.26. The van der Waals surface area contributed by atoms with Crippen LogP contribution < -0.4 is 4.74 Å². The minimum Gasteiger partial charge on any atom is -0.489 e. The highest BCUT2D eigenvalue weighted by Crippen LogP contribution is 2.36. The molecule has 0 saturated carbocycles. The summed E-state index contributed by atoms with van der Waals surface area (Å²) in [5.74, 6) is -0.194. The van der Waals surface area contributed by atoms with E-state index in [0.29, 0.717) is 6.61 Å². The van der Waals surface area contributed by atoms with E-state index >= 15 is 0 Å². The molecule has 1 N–H and O–H groups in total. The summed E-state index contributed by atoms with van der Waals surface area (Å²) in [6.45, 7) is 4.63. The second-order valence-electron chi connectivity index (χ2n) is 5.26. The van der Waals surface area contributed by atoms with Crippen molar-refractivity contribution in [3.8, 4) is 5.75 Å². The smallest absolute Gasteiger partial charge is 0.335 e. The monoisotopic (exact) mass is 280 g/mol. The average Bonchev–Trinajstić information content (AvgIpc) is 2.46. The van der Waals surface area contributed by atoms with Gasteiger partial charge in [-0.15, -0.1) is 0 Å². The molecule has 3 rings (SSSR count). The van der Waals surface area contributed by atoms with Crippen LogP contribution in [0.2, 0.25) is 0 Å². The van der Waals surface area contributed by atoms with Gasteiger partial charge in [-0.05, 0) is 54.8 Å². The number of carboxylic acid groups (broad SMARTS) is 1. The number of hydrogen-bond donors (Lipinski definition) is 1. The SMILES string of the molecule is Cc1ccc(C2=CCOc3ccc(C(=O)O)cc32)c(C)c1. The molecule has 0 aliphatic carbocycles. The molecule has 0 amide bonds. The Kier molecular flexibility index (Phi) is 3.26. The maximum absolute atomic E-state index is 11.2. The Morgan fingerprint density at radius 1 is 1.10 bits per heavy atom. The van der Waals surface area contributed by atoms with E-state index in [9.17, 15) is 9.90 Å². The lowest BCUT2D eigenvalue weighted by molar-refractivity contribution is 0.0697. The molecule has 1 heterocycles. The zero-order chi connectivity index (χ0) is 15.0. The van der Waals surface area contributed by atoms with Gasteiger partial charge >= 0.3 is 5.97 Å². The predicted octanol–water partition coefficient (Wildman–Crippen LogP) is 3.83. The summed E-state index contributed by atoms with van der Waals surface area (Å²) in [5, 5.41) is 9.17. The summed E-state index contributed by atoms with van der Waals surface area (Å²) in [5.41, 5.74) is 5.66. The number of carbonyl (C=O) groups is 1. The summed E-state index contributed by atoms with van der Waals surface area (Å²) in [7, 11) is 0. The number of fused-ring (bicyclic) bond motifs is 1. The van der Waals surface area contributed by atoms with Gasteiger partial charge in [-0.1, -0.05) is 23.8 Å². The molecular formula is C18H16O3. The van der Waals surface area contributed by atoms with Gasteiger partial charge < -0.3 is 9.84 Å². The lowest BCUT2D eigenvalue weighted by Crippen LogP contribution is -2.08. The van der Waals surface area contributed by atoms with E-state index < -0.39 is 5.97 Å². The number of hydrogen-bond acceptors (Lipinski definition) is 2. The fourth-order valence-corrected chi connectivity index (χ4v) is 2.69. The van der Waals surface area contributed by atoms with E-state index in [4.69, 9.17) is 4.74 Å². The third-order valence-corrected chi connectivity index (χ3v) is 3.72. The number of ether oxygens (including phenoxy) is 1. The quantitative estimate of drug-likeness (QED) is 0.909. The first kappa shape index (κ1) is 13.4. The Bertz CT molecular complexity index is 757. The molecule has 106 valence electrons. The highest BCUT2D eigenvalue weighted by Gasteiger charge is 2.18. The molecule has 0 atom stereocenters. The standard InChI is InChI=1S/C18H16O3/c1-11-3-5-14(12(2)9-11)15-7-8-21-17-6-4-13(18(19)20)10-16(15)17/h3-7,9-10H,8H2,1-2H3,(H,19,20). The van der Waals surface area contributed by atoms with E-state index in [0.717, 1.165) is 22.4 Å². The van der Waals surface area contributed by atoms with Crippen LogP contribution in [0.15, 0.2) is 42.5 Å². The third-order valence-electron chi connectivity index (χ3n) is 3.72. The zero-order valence-electron chi connectivity index (χ0n) is 12.0. The van der Waals surface area contributed by atoms with Crippen LogP contribution in [0.1, 0.15) is 32.6 Å². The van der Waals surface area contributed by atoms with Crippen molar-refractivity contribution in [1.82, 2.24) is 0 Å². The predicted molar refractivity (Wildman–Crippen MR) is 81.9 cm³/mol. The van der Waals surface area contributed by atoms with Crippen LogP contribution in [0, 0.1) is 13.8 Å². The number of aromatic carboxylic acids is 1. The van der Waals surface area contributed by atoms with Crippen molar-refractivity contribution in [1.29, 1.82) is 0 Å². The molecule has 0 unspecified atom stereocenters. The molecule has 2 aromatic rings. The van der Waals surface area contributed by atoms with Crippen LogP contribution in [0.5, 0.6) is 5.75 Å². The number of benzene rings is 2. The fourth-order valence-electron chi connectivity index (χ4n) is 2.69. The Labute approximate surface area is 123 Å². The summed E-state index contributed by atoms with van der Waals surface area (Å²) in [6, 6.07) is 11.3. The summed E-state index contributed by atoms with van der Waals surface area (Å²) < 4.78 is 5.60. The van der Waals surface area contributed by atoms with Crippen molar-refractivity contribution in [2.24, 2.45) is 0 Å². The third kappa shape index (κ3) is 2.42. The Morgan fingerprint density at radius 2 is 1.90 bits per heavy atom. The summed E-state index contributed by atoms with van der Waals surface area (Å²) in [4.78, 5) is 11.2. The molecule has 21 heavy (non-hydrogen) atoms. The molecule has 0 radical (unpaired) electrons. The Morgan fingerprint density at radius 3 is 2.62 bits per heavy atom. The lowest BCUT2D eigenvalue weighted by atomic mass is 9.90. The Balaban J connectivity index is 2.16. The minimum absolute atomic E-state index is 0.273. The molecule has 0 bridgehead atoms. The van der Waals surface area contributed by atoms with Crippen LogP contribution >= 0.6 is 0 Å². The maximum Gasteiger partial charge on any atom is 0.335 e. The number of carboxylic acids is 1. The van der Waals surface area contributed by atoms with Gasteiger partial charge in [0.2, 0.25) is 0 Å². The highest BCUT2D eigenvalue weighted by atomic mass is 16.5. The fraction of sp³-hybridized carbons (Fsp3) is 0.167. The largest absolute Gasteiger partial charge is 0.489 e. The average molecular weight is 280 g/mol. The maximum atomic E-state index is 11.2. The molecule has 0 saturated heterocycles. The molecule has 0 fully saturated rings. The van der Waals surface area contributed by atoms with Crippen molar-refractivity contribution in [2.75, 3.05) is 6.61 Å².